The van der Waals surface area contributed by atoms with Crippen LogP contribution < -0.4 is 0 Å². The molecule has 1 amide bonds. The van der Waals surface area contributed by atoms with Crippen LogP contribution in [0.4, 0.5) is 0 Å². The molecule has 10 aliphatic heterocycles. The standard InChI is InChI=1S/C15H31N3.C14H27N3O.C14H28N2O.C12H24N2O.C12H24N2/c1-13(2)16-7-5-15(6-8-16)18-11-9-17(10-12-18)14(3)4;1-12(2)15-6-4-14(5-7-15)17-10-8-16(9-11-17)13(3)18;1-11(2)15-7-5-14(6-8-15)16-9-12(3)17-13(4)10-16;1-11(2)13-5-3-12(4-6-13)14-7-9-15-10-8-14;1-11(2)13-9-5-12(6-10-13)14-7-3-4-8-14/h13-15H,5-12H2,1-4H3;12,14H,4-11H2,1-3H3;11-14H,5-10H2,1-4H3;11-12H,3-10H2,1-2H3;11-12H,3-10H2,1-2H3/t;;12-,13+;;. The van der Waals surface area contributed by atoms with Crippen LogP contribution >= 0.6 is 0 Å². The lowest BCUT2D eigenvalue weighted by molar-refractivity contribution is -0.131. The molecule has 10 rings (SSSR count). The van der Waals surface area contributed by atoms with Gasteiger partial charge >= 0.3 is 0 Å². The van der Waals surface area contributed by atoms with Crippen LogP contribution in [0.25, 0.3) is 0 Å². The van der Waals surface area contributed by atoms with Gasteiger partial charge in [-0.15, -0.1) is 0 Å². The fourth-order valence-electron chi connectivity index (χ4n) is 15.4. The molecule has 2 atom stereocenters. The van der Waals surface area contributed by atoms with E-state index < -0.39 is 0 Å². The molecule has 10 fully saturated rings. The number of hydrogen-bond acceptors (Lipinski definition) is 14. The van der Waals surface area contributed by atoms with Crippen LogP contribution in [0, 0.1) is 0 Å². The van der Waals surface area contributed by atoms with Gasteiger partial charge in [0.15, 0.2) is 0 Å². The SMILES string of the molecule is CC(=O)N1CCN(C2CCN(C(C)C)CC2)CC1.CC(C)N1CCC(N2CCCC2)CC1.CC(C)N1CCC(N2CCN(C(C)C)CC2)CC1.CC(C)N1CCC(N2CCOCC2)CC1.CC(C)N1CCC(N2C[C@@H](C)O[C@@H](C)C2)CC1. The Kier molecular flexibility index (Phi) is 31.1. The largest absolute Gasteiger partial charge is 0.379 e. The third-order valence-corrected chi connectivity index (χ3v) is 21.2. The third-order valence-electron chi connectivity index (χ3n) is 21.2. The smallest absolute Gasteiger partial charge is 0.219 e. The number of nitrogens with zero attached hydrogens (tertiary/aromatic N) is 12. The van der Waals surface area contributed by atoms with Gasteiger partial charge in [0.2, 0.25) is 5.91 Å². The Morgan fingerprint density at radius 3 is 0.841 bits per heavy atom. The maximum Gasteiger partial charge on any atom is 0.219 e. The van der Waals surface area contributed by atoms with Crippen LogP contribution in [0.15, 0.2) is 0 Å². The maximum absolute atomic E-state index is 11.3. The first-order chi connectivity index (χ1) is 39.3. The van der Waals surface area contributed by atoms with Gasteiger partial charge in [-0.3, -0.25) is 29.3 Å². The van der Waals surface area contributed by atoms with Gasteiger partial charge < -0.3 is 43.8 Å². The molecule has 0 radical (unpaired) electrons. The molecule has 480 valence electrons. The molecule has 0 aliphatic carbocycles. The zero-order valence-electron chi connectivity index (χ0n) is 56.5. The maximum atomic E-state index is 11.3. The number of piperidine rings is 5. The van der Waals surface area contributed by atoms with Gasteiger partial charge in [0.1, 0.15) is 0 Å². The minimum absolute atomic E-state index is 0.226. The zero-order valence-corrected chi connectivity index (χ0v) is 56.5. The normalized spacial score (nSPS) is 28.1. The van der Waals surface area contributed by atoms with Crippen molar-refractivity contribution in [2.24, 2.45) is 0 Å². The summed E-state index contributed by atoms with van der Waals surface area (Å²) in [6, 6.07) is 8.42. The van der Waals surface area contributed by atoms with E-state index in [1.165, 1.54) is 182 Å². The molecular formula is C67H134N12O3. The van der Waals surface area contributed by atoms with Gasteiger partial charge in [-0.2, -0.15) is 0 Å². The van der Waals surface area contributed by atoms with E-state index in [-0.39, 0.29) is 5.91 Å². The van der Waals surface area contributed by atoms with Crippen LogP contribution in [0.1, 0.15) is 181 Å². The van der Waals surface area contributed by atoms with Gasteiger partial charge in [0, 0.05) is 152 Å². The summed E-state index contributed by atoms with van der Waals surface area (Å²) in [5.74, 6) is 0.226. The summed E-state index contributed by atoms with van der Waals surface area (Å²) in [6.07, 6.45) is 17.2. The van der Waals surface area contributed by atoms with Gasteiger partial charge in [-0.05, 0) is 253 Å². The Labute approximate surface area is 506 Å². The van der Waals surface area contributed by atoms with Crippen molar-refractivity contribution < 1.29 is 14.3 Å². The first-order valence-corrected chi connectivity index (χ1v) is 34.9. The molecule has 0 aromatic carbocycles. The van der Waals surface area contributed by atoms with E-state index in [1.807, 2.05) is 4.90 Å². The zero-order chi connectivity index (χ0) is 59.3. The molecule has 15 heteroatoms. The lowest BCUT2D eigenvalue weighted by Gasteiger charge is -2.44. The number of morpholine rings is 2. The molecule has 0 bridgehead atoms. The summed E-state index contributed by atoms with van der Waals surface area (Å²) >= 11 is 0. The van der Waals surface area contributed by atoms with E-state index in [2.05, 4.69) is 151 Å². The average Bonchev–Trinajstić information content (AvgIpc) is 4.11. The summed E-state index contributed by atoms with van der Waals surface area (Å²) in [5.41, 5.74) is 0. The lowest BCUT2D eigenvalue weighted by atomic mass is 10.0. The van der Waals surface area contributed by atoms with Gasteiger partial charge in [0.05, 0.1) is 25.4 Å². The number of rotatable bonds is 11. The highest BCUT2D eigenvalue weighted by atomic mass is 16.5. The molecule has 10 heterocycles. The minimum Gasteiger partial charge on any atom is -0.379 e. The molecule has 82 heavy (non-hydrogen) atoms. The van der Waals surface area contributed by atoms with Crippen molar-refractivity contribution in [2.45, 2.75) is 260 Å². The van der Waals surface area contributed by atoms with Crippen molar-refractivity contribution in [2.75, 3.05) is 170 Å². The van der Waals surface area contributed by atoms with Crippen molar-refractivity contribution in [1.29, 1.82) is 0 Å². The van der Waals surface area contributed by atoms with Crippen molar-refractivity contribution >= 4 is 5.91 Å². The van der Waals surface area contributed by atoms with Crippen molar-refractivity contribution in [1.82, 2.24) is 58.8 Å². The topological polar surface area (TPSA) is 74.4 Å². The average molecular weight is 1160 g/mol. The van der Waals surface area contributed by atoms with Crippen LogP contribution in [-0.4, -0.2) is 314 Å². The number of piperazine rings is 2. The van der Waals surface area contributed by atoms with E-state index in [4.69, 9.17) is 9.47 Å². The Morgan fingerprint density at radius 2 is 0.561 bits per heavy atom. The Bertz CT molecular complexity index is 1620. The van der Waals surface area contributed by atoms with Crippen LogP contribution in [0.5, 0.6) is 0 Å². The second-order valence-corrected chi connectivity index (χ2v) is 28.6. The molecule has 0 aromatic heterocycles. The summed E-state index contributed by atoms with van der Waals surface area (Å²) < 4.78 is 11.2. The number of carbonyl (C=O) groups excluding carboxylic acids is 1. The fourth-order valence-corrected chi connectivity index (χ4v) is 15.4. The lowest BCUT2D eigenvalue weighted by Crippen LogP contribution is -2.54. The van der Waals surface area contributed by atoms with Gasteiger partial charge in [-0.25, -0.2) is 0 Å². The third kappa shape index (κ3) is 23.2. The first kappa shape index (κ1) is 70.0. The van der Waals surface area contributed by atoms with Gasteiger partial charge in [0.25, 0.3) is 0 Å². The Morgan fingerprint density at radius 1 is 0.317 bits per heavy atom. The van der Waals surface area contributed by atoms with Crippen molar-refractivity contribution in [3.05, 3.63) is 0 Å². The summed E-state index contributed by atoms with van der Waals surface area (Å²) in [7, 11) is 0. The predicted octanol–water partition coefficient (Wildman–Crippen LogP) is 8.02. The molecular weight excluding hydrogens is 1020 g/mol. The van der Waals surface area contributed by atoms with Crippen molar-refractivity contribution in [3.63, 3.8) is 0 Å². The number of amides is 1. The van der Waals surface area contributed by atoms with Crippen molar-refractivity contribution in [3.8, 4) is 0 Å². The fraction of sp³-hybridized carbons (Fsp3) is 0.985. The van der Waals surface area contributed by atoms with Crippen LogP contribution in [-0.2, 0) is 14.3 Å². The molecule has 0 spiro atoms. The van der Waals surface area contributed by atoms with E-state index in [0.29, 0.717) is 24.3 Å². The number of likely N-dealkylation sites (tertiary alicyclic amines) is 6. The molecule has 0 unspecified atom stereocenters. The molecule has 10 aliphatic rings. The second-order valence-electron chi connectivity index (χ2n) is 28.6. The van der Waals surface area contributed by atoms with Gasteiger partial charge in [-0.1, -0.05) is 0 Å². The molecule has 0 saturated carbocycles. The monoisotopic (exact) mass is 1160 g/mol. The second kappa shape index (κ2) is 36.4. The van der Waals surface area contributed by atoms with E-state index in [1.54, 1.807) is 6.92 Å². The molecule has 10 saturated heterocycles. The number of ether oxygens (including phenoxy) is 2. The van der Waals surface area contributed by atoms with E-state index in [0.717, 1.165) is 120 Å². The Hall–Kier alpha value is -1.05. The van der Waals surface area contributed by atoms with Crippen LogP contribution in [0.2, 0.25) is 0 Å². The molecule has 15 nitrogen and oxygen atoms in total. The summed E-state index contributed by atoms with van der Waals surface area (Å²) in [6.45, 7) is 64.7. The van der Waals surface area contributed by atoms with E-state index in [9.17, 15) is 4.79 Å². The summed E-state index contributed by atoms with van der Waals surface area (Å²) in [5, 5.41) is 0. The minimum atomic E-state index is 0.226. The van der Waals surface area contributed by atoms with Crippen LogP contribution in [0.3, 0.4) is 0 Å². The number of carbonyl (C=O) groups is 1. The predicted molar refractivity (Wildman–Crippen MR) is 346 cm³/mol. The Balaban J connectivity index is 0.000000165. The van der Waals surface area contributed by atoms with E-state index >= 15 is 0 Å². The first-order valence-electron chi connectivity index (χ1n) is 34.9. The highest BCUT2D eigenvalue weighted by Crippen LogP contribution is 2.26. The highest BCUT2D eigenvalue weighted by molar-refractivity contribution is 5.73. The summed E-state index contributed by atoms with van der Waals surface area (Å²) in [4.78, 5) is 42.2. The molecule has 0 aromatic rings. The quantitative estimate of drug-likeness (QED) is 0.201. The number of hydrogen-bond donors (Lipinski definition) is 0. The highest BCUT2D eigenvalue weighted by Gasteiger charge is 2.34. The molecule has 0 N–H and O–H groups in total.